The van der Waals surface area contributed by atoms with Gasteiger partial charge in [0.25, 0.3) is 0 Å². The minimum Gasteiger partial charge on any atom is -0.454 e. The number of oxime groups is 1. The van der Waals surface area contributed by atoms with Gasteiger partial charge in [-0.3, -0.25) is 0 Å². The molecule has 0 saturated heterocycles. The second kappa shape index (κ2) is 5.61. The van der Waals surface area contributed by atoms with Crippen molar-refractivity contribution in [3.05, 3.63) is 58.9 Å². The third-order valence-electron chi connectivity index (χ3n) is 2.90. The van der Waals surface area contributed by atoms with Gasteiger partial charge >= 0.3 is 0 Å². The van der Waals surface area contributed by atoms with Gasteiger partial charge in [0.2, 0.25) is 0 Å². The number of rotatable bonds is 3. The van der Waals surface area contributed by atoms with Crippen LogP contribution in [0.25, 0.3) is 0 Å². The largest absolute Gasteiger partial charge is 0.454 e. The standard InChI is InChI=1S/C15H15FN2O2/c1-9-3-6-13(16)14(7-9)20-11-4-5-12(10(2)8-11)15(17)18-19/h3-8,19H,1-2H3,(H2,17,18). The van der Waals surface area contributed by atoms with Gasteiger partial charge in [-0.2, -0.15) is 0 Å². The van der Waals surface area contributed by atoms with Crippen molar-refractivity contribution in [1.82, 2.24) is 0 Å². The Labute approximate surface area is 116 Å². The van der Waals surface area contributed by atoms with Crippen LogP contribution < -0.4 is 10.5 Å². The summed E-state index contributed by atoms with van der Waals surface area (Å²) in [6.07, 6.45) is 0. The molecule has 2 aromatic carbocycles. The summed E-state index contributed by atoms with van der Waals surface area (Å²) in [6, 6.07) is 9.67. The van der Waals surface area contributed by atoms with Gasteiger partial charge in [-0.1, -0.05) is 11.2 Å². The van der Waals surface area contributed by atoms with Gasteiger partial charge < -0.3 is 15.7 Å². The maximum absolute atomic E-state index is 13.6. The molecule has 0 aromatic heterocycles. The van der Waals surface area contributed by atoms with Gasteiger partial charge in [0, 0.05) is 5.56 Å². The molecule has 20 heavy (non-hydrogen) atoms. The maximum atomic E-state index is 13.6. The van der Waals surface area contributed by atoms with E-state index in [4.69, 9.17) is 15.7 Å². The smallest absolute Gasteiger partial charge is 0.170 e. The van der Waals surface area contributed by atoms with Gasteiger partial charge in [0.15, 0.2) is 17.4 Å². The summed E-state index contributed by atoms with van der Waals surface area (Å²) in [7, 11) is 0. The van der Waals surface area contributed by atoms with E-state index < -0.39 is 5.82 Å². The zero-order valence-corrected chi connectivity index (χ0v) is 11.2. The monoisotopic (exact) mass is 274 g/mol. The van der Waals surface area contributed by atoms with E-state index in [0.29, 0.717) is 11.3 Å². The number of hydrogen-bond acceptors (Lipinski definition) is 3. The number of nitrogens with zero attached hydrogens (tertiary/aromatic N) is 1. The van der Waals surface area contributed by atoms with Crippen LogP contribution in [0.5, 0.6) is 11.5 Å². The summed E-state index contributed by atoms with van der Waals surface area (Å²) in [6.45, 7) is 3.66. The number of nitrogens with two attached hydrogens (primary N) is 1. The molecule has 0 atom stereocenters. The first-order chi connectivity index (χ1) is 9.51. The normalized spacial score (nSPS) is 11.4. The molecule has 2 aromatic rings. The molecular weight excluding hydrogens is 259 g/mol. The van der Waals surface area contributed by atoms with E-state index in [1.807, 2.05) is 6.92 Å². The molecule has 0 bridgehead atoms. The fourth-order valence-electron chi connectivity index (χ4n) is 1.86. The summed E-state index contributed by atoms with van der Waals surface area (Å²) >= 11 is 0. The Kier molecular flexibility index (Phi) is 3.89. The predicted octanol–water partition coefficient (Wildman–Crippen LogP) is 3.33. The Morgan fingerprint density at radius 2 is 1.95 bits per heavy atom. The Hall–Kier alpha value is -2.56. The van der Waals surface area contributed by atoms with Crippen LogP contribution in [0.1, 0.15) is 16.7 Å². The van der Waals surface area contributed by atoms with Crippen molar-refractivity contribution in [2.75, 3.05) is 0 Å². The van der Waals surface area contributed by atoms with Crippen LogP contribution in [0.3, 0.4) is 0 Å². The van der Waals surface area contributed by atoms with Gasteiger partial charge in [-0.25, -0.2) is 4.39 Å². The van der Waals surface area contributed by atoms with Crippen molar-refractivity contribution in [3.8, 4) is 11.5 Å². The Morgan fingerprint density at radius 3 is 2.60 bits per heavy atom. The average Bonchev–Trinajstić information content (AvgIpc) is 2.42. The van der Waals surface area contributed by atoms with Crippen LogP contribution >= 0.6 is 0 Å². The van der Waals surface area contributed by atoms with Crippen LogP contribution in [-0.4, -0.2) is 11.0 Å². The van der Waals surface area contributed by atoms with Gasteiger partial charge in [0.1, 0.15) is 5.75 Å². The molecule has 104 valence electrons. The molecule has 0 saturated carbocycles. The van der Waals surface area contributed by atoms with Crippen molar-refractivity contribution in [3.63, 3.8) is 0 Å². The van der Waals surface area contributed by atoms with E-state index in [9.17, 15) is 4.39 Å². The SMILES string of the molecule is Cc1ccc(F)c(Oc2ccc(/C(N)=N/O)c(C)c2)c1. The Morgan fingerprint density at radius 1 is 1.20 bits per heavy atom. The summed E-state index contributed by atoms with van der Waals surface area (Å²) in [4.78, 5) is 0. The fourth-order valence-corrected chi connectivity index (χ4v) is 1.86. The highest BCUT2D eigenvalue weighted by atomic mass is 19.1. The van der Waals surface area contributed by atoms with Crippen LogP contribution in [0.15, 0.2) is 41.6 Å². The topological polar surface area (TPSA) is 67.8 Å². The zero-order chi connectivity index (χ0) is 14.7. The second-order valence-electron chi connectivity index (χ2n) is 4.50. The van der Waals surface area contributed by atoms with Crippen molar-refractivity contribution in [1.29, 1.82) is 0 Å². The van der Waals surface area contributed by atoms with Crippen molar-refractivity contribution >= 4 is 5.84 Å². The minimum absolute atomic E-state index is 0.0239. The molecule has 4 nitrogen and oxygen atoms in total. The predicted molar refractivity (Wildman–Crippen MR) is 74.9 cm³/mol. The van der Waals surface area contributed by atoms with E-state index in [1.165, 1.54) is 6.07 Å². The van der Waals surface area contributed by atoms with Gasteiger partial charge in [-0.05, 0) is 55.3 Å². The molecule has 0 amide bonds. The molecule has 0 radical (unpaired) electrons. The summed E-state index contributed by atoms with van der Waals surface area (Å²) < 4.78 is 19.1. The first-order valence-corrected chi connectivity index (χ1v) is 6.04. The van der Waals surface area contributed by atoms with Gasteiger partial charge in [0.05, 0.1) is 0 Å². The second-order valence-corrected chi connectivity index (χ2v) is 4.50. The first kappa shape index (κ1) is 13.9. The molecule has 0 spiro atoms. The third-order valence-corrected chi connectivity index (χ3v) is 2.90. The number of hydrogen-bond donors (Lipinski definition) is 2. The van der Waals surface area contributed by atoms with E-state index >= 15 is 0 Å². The van der Waals surface area contributed by atoms with Crippen molar-refractivity contribution in [2.45, 2.75) is 13.8 Å². The van der Waals surface area contributed by atoms with E-state index in [-0.39, 0.29) is 11.6 Å². The van der Waals surface area contributed by atoms with Crippen molar-refractivity contribution in [2.24, 2.45) is 10.9 Å². The Balaban J connectivity index is 2.31. The molecular formula is C15H15FN2O2. The zero-order valence-electron chi connectivity index (χ0n) is 11.2. The lowest BCUT2D eigenvalue weighted by molar-refractivity contribution is 0.318. The Bertz CT molecular complexity index is 669. The fraction of sp³-hybridized carbons (Fsp3) is 0.133. The molecule has 0 aliphatic heterocycles. The molecule has 3 N–H and O–H groups in total. The minimum atomic E-state index is -0.422. The quantitative estimate of drug-likeness (QED) is 0.390. The van der Waals surface area contributed by atoms with Crippen LogP contribution in [0.2, 0.25) is 0 Å². The highest BCUT2D eigenvalue weighted by molar-refractivity contribution is 5.98. The highest BCUT2D eigenvalue weighted by Crippen LogP contribution is 2.27. The average molecular weight is 274 g/mol. The number of amidine groups is 1. The van der Waals surface area contributed by atoms with Crippen LogP contribution in [0.4, 0.5) is 4.39 Å². The van der Waals surface area contributed by atoms with Crippen molar-refractivity contribution < 1.29 is 14.3 Å². The molecule has 0 aliphatic rings. The lowest BCUT2D eigenvalue weighted by atomic mass is 10.1. The number of ether oxygens (including phenoxy) is 1. The van der Waals surface area contributed by atoms with Crippen LogP contribution in [-0.2, 0) is 0 Å². The maximum Gasteiger partial charge on any atom is 0.170 e. The molecule has 0 aliphatic carbocycles. The lowest BCUT2D eigenvalue weighted by Crippen LogP contribution is -2.14. The lowest BCUT2D eigenvalue weighted by Gasteiger charge is -2.10. The van der Waals surface area contributed by atoms with Crippen LogP contribution in [0, 0.1) is 19.7 Å². The summed E-state index contributed by atoms with van der Waals surface area (Å²) in [5.41, 5.74) is 7.82. The highest BCUT2D eigenvalue weighted by Gasteiger charge is 2.08. The van der Waals surface area contributed by atoms with E-state index in [1.54, 1.807) is 37.3 Å². The number of benzene rings is 2. The van der Waals surface area contributed by atoms with E-state index in [0.717, 1.165) is 11.1 Å². The third kappa shape index (κ3) is 2.88. The van der Waals surface area contributed by atoms with Gasteiger partial charge in [-0.15, -0.1) is 0 Å². The molecule has 0 heterocycles. The molecule has 0 unspecified atom stereocenters. The molecule has 5 heteroatoms. The molecule has 0 fully saturated rings. The summed E-state index contributed by atoms with van der Waals surface area (Å²) in [5.74, 6) is 0.256. The number of halogens is 1. The first-order valence-electron chi connectivity index (χ1n) is 6.04. The summed E-state index contributed by atoms with van der Waals surface area (Å²) in [5, 5.41) is 11.6. The number of aryl methyl sites for hydroxylation is 2. The molecule has 2 rings (SSSR count). The van der Waals surface area contributed by atoms with E-state index in [2.05, 4.69) is 5.16 Å².